The molecular weight excluding hydrogens is 332 g/mol. The molecule has 0 heterocycles. The van der Waals surface area contributed by atoms with Crippen LogP contribution >= 0.6 is 0 Å². The van der Waals surface area contributed by atoms with Gasteiger partial charge in [0.2, 0.25) is 5.91 Å². The highest BCUT2D eigenvalue weighted by molar-refractivity contribution is 5.76. The second kappa shape index (κ2) is 9.58. The van der Waals surface area contributed by atoms with Gasteiger partial charge in [0.15, 0.2) is 0 Å². The van der Waals surface area contributed by atoms with Crippen LogP contribution < -0.4 is 10.6 Å². The molecule has 0 aliphatic heterocycles. The summed E-state index contributed by atoms with van der Waals surface area (Å²) in [6.07, 6.45) is 1.26. The summed E-state index contributed by atoms with van der Waals surface area (Å²) in [6.45, 7) is 2.77. The summed E-state index contributed by atoms with van der Waals surface area (Å²) in [5.74, 6) is 0.0807. The van der Waals surface area contributed by atoms with E-state index in [-0.39, 0.29) is 11.9 Å². The maximum absolute atomic E-state index is 12.4. The monoisotopic (exact) mass is 358 g/mol. The minimum absolute atomic E-state index is 0.0259. The molecule has 0 fully saturated rings. The molecule has 0 saturated carbocycles. The van der Waals surface area contributed by atoms with Crippen LogP contribution in [0.1, 0.15) is 36.1 Å². The number of rotatable bonds is 8. The lowest BCUT2D eigenvalue weighted by Gasteiger charge is -2.19. The highest BCUT2D eigenvalue weighted by Crippen LogP contribution is 2.19. The third-order valence-electron chi connectivity index (χ3n) is 4.64. The lowest BCUT2D eigenvalue weighted by atomic mass is 10.0. The normalized spacial score (nSPS) is 11.6. The second-order valence-electron chi connectivity index (χ2n) is 6.69. The number of anilines is 1. The summed E-state index contributed by atoms with van der Waals surface area (Å²) in [5, 5.41) is 6.58. The Morgan fingerprint density at radius 1 is 0.852 bits per heavy atom. The number of para-hydroxylation sites is 1. The van der Waals surface area contributed by atoms with Crippen LogP contribution in [0.3, 0.4) is 0 Å². The zero-order valence-electron chi connectivity index (χ0n) is 15.7. The minimum atomic E-state index is -0.0259. The molecule has 3 rings (SSSR count). The van der Waals surface area contributed by atoms with Gasteiger partial charge in [0.25, 0.3) is 0 Å². The molecule has 0 aromatic heterocycles. The minimum Gasteiger partial charge on any atom is -0.381 e. The zero-order chi connectivity index (χ0) is 18.9. The SMILES string of the molecule is CC(NC(=O)CCc1ccccc1)c1ccccc1CNc1ccccc1. The Balaban J connectivity index is 1.57. The number of hydrogen-bond acceptors (Lipinski definition) is 2. The predicted octanol–water partition coefficient (Wildman–Crippen LogP) is 5.11. The Labute approximate surface area is 161 Å². The fourth-order valence-electron chi connectivity index (χ4n) is 3.16. The van der Waals surface area contributed by atoms with Crippen molar-refractivity contribution in [2.45, 2.75) is 32.4 Å². The molecule has 0 bridgehead atoms. The molecule has 3 aromatic rings. The molecule has 0 radical (unpaired) electrons. The second-order valence-corrected chi connectivity index (χ2v) is 6.69. The van der Waals surface area contributed by atoms with Crippen molar-refractivity contribution in [3.05, 3.63) is 102 Å². The van der Waals surface area contributed by atoms with E-state index in [2.05, 4.69) is 47.0 Å². The average Bonchev–Trinajstić information content (AvgIpc) is 2.72. The van der Waals surface area contributed by atoms with Crippen LogP contribution in [-0.2, 0) is 17.8 Å². The smallest absolute Gasteiger partial charge is 0.220 e. The molecule has 0 aliphatic carbocycles. The van der Waals surface area contributed by atoms with Gasteiger partial charge >= 0.3 is 0 Å². The number of aryl methyl sites for hydroxylation is 1. The van der Waals surface area contributed by atoms with Gasteiger partial charge in [-0.15, -0.1) is 0 Å². The predicted molar refractivity (Wildman–Crippen MR) is 112 cm³/mol. The van der Waals surface area contributed by atoms with Crippen LogP contribution in [0.2, 0.25) is 0 Å². The number of benzene rings is 3. The van der Waals surface area contributed by atoms with Crippen molar-refractivity contribution in [2.24, 2.45) is 0 Å². The van der Waals surface area contributed by atoms with Crippen molar-refractivity contribution in [1.29, 1.82) is 0 Å². The summed E-state index contributed by atoms with van der Waals surface area (Å²) in [6, 6.07) is 28.5. The van der Waals surface area contributed by atoms with Crippen LogP contribution in [0.5, 0.6) is 0 Å². The van der Waals surface area contributed by atoms with Gasteiger partial charge in [0.1, 0.15) is 0 Å². The molecule has 0 saturated heterocycles. The van der Waals surface area contributed by atoms with Gasteiger partial charge in [-0.05, 0) is 42.2 Å². The fraction of sp³-hybridized carbons (Fsp3) is 0.208. The molecule has 27 heavy (non-hydrogen) atoms. The first kappa shape index (κ1) is 18.7. The number of nitrogens with one attached hydrogen (secondary N) is 2. The summed E-state index contributed by atoms with van der Waals surface area (Å²) >= 11 is 0. The van der Waals surface area contributed by atoms with E-state index in [9.17, 15) is 4.79 Å². The van der Waals surface area contributed by atoms with Gasteiger partial charge < -0.3 is 10.6 Å². The summed E-state index contributed by atoms with van der Waals surface area (Å²) < 4.78 is 0. The van der Waals surface area contributed by atoms with E-state index < -0.39 is 0 Å². The van der Waals surface area contributed by atoms with E-state index in [1.165, 1.54) is 11.1 Å². The summed E-state index contributed by atoms with van der Waals surface area (Å²) in [7, 11) is 0. The lowest BCUT2D eigenvalue weighted by molar-refractivity contribution is -0.121. The molecule has 138 valence electrons. The van der Waals surface area contributed by atoms with Crippen molar-refractivity contribution in [2.75, 3.05) is 5.32 Å². The average molecular weight is 358 g/mol. The quantitative estimate of drug-likeness (QED) is 0.587. The van der Waals surface area contributed by atoms with Crippen LogP contribution in [-0.4, -0.2) is 5.91 Å². The van der Waals surface area contributed by atoms with Crippen molar-refractivity contribution < 1.29 is 4.79 Å². The number of amides is 1. The maximum atomic E-state index is 12.4. The Kier molecular flexibility index (Phi) is 6.64. The topological polar surface area (TPSA) is 41.1 Å². The zero-order valence-corrected chi connectivity index (χ0v) is 15.7. The molecular formula is C24H26N2O. The molecule has 3 heteroatoms. The van der Waals surface area contributed by atoms with Crippen LogP contribution in [0.25, 0.3) is 0 Å². The first-order valence-electron chi connectivity index (χ1n) is 9.42. The van der Waals surface area contributed by atoms with Gasteiger partial charge in [0.05, 0.1) is 6.04 Å². The van der Waals surface area contributed by atoms with E-state index in [1.807, 2.05) is 55.5 Å². The van der Waals surface area contributed by atoms with Gasteiger partial charge in [-0.1, -0.05) is 72.8 Å². The first-order valence-corrected chi connectivity index (χ1v) is 9.42. The number of carbonyl (C=O) groups excluding carboxylic acids is 1. The van der Waals surface area contributed by atoms with E-state index in [1.54, 1.807) is 0 Å². The molecule has 1 unspecified atom stereocenters. The summed E-state index contributed by atoms with van der Waals surface area (Å²) in [4.78, 5) is 12.4. The van der Waals surface area contributed by atoms with E-state index in [0.717, 1.165) is 24.2 Å². The van der Waals surface area contributed by atoms with Crippen LogP contribution in [0.4, 0.5) is 5.69 Å². The van der Waals surface area contributed by atoms with Crippen molar-refractivity contribution in [3.8, 4) is 0 Å². The molecule has 3 aromatic carbocycles. The Hall–Kier alpha value is -3.07. The Bertz CT molecular complexity index is 847. The third kappa shape index (κ3) is 5.71. The van der Waals surface area contributed by atoms with Gasteiger partial charge in [-0.25, -0.2) is 0 Å². The lowest BCUT2D eigenvalue weighted by Crippen LogP contribution is -2.27. The number of carbonyl (C=O) groups is 1. The van der Waals surface area contributed by atoms with E-state index in [4.69, 9.17) is 0 Å². The van der Waals surface area contributed by atoms with Gasteiger partial charge in [0, 0.05) is 18.7 Å². The van der Waals surface area contributed by atoms with E-state index in [0.29, 0.717) is 6.42 Å². The molecule has 1 atom stereocenters. The van der Waals surface area contributed by atoms with Crippen LogP contribution in [0, 0.1) is 0 Å². The highest BCUT2D eigenvalue weighted by atomic mass is 16.1. The van der Waals surface area contributed by atoms with Crippen LogP contribution in [0.15, 0.2) is 84.9 Å². The Morgan fingerprint density at radius 2 is 1.48 bits per heavy atom. The molecule has 2 N–H and O–H groups in total. The molecule has 0 spiro atoms. The Morgan fingerprint density at radius 3 is 2.22 bits per heavy atom. The number of hydrogen-bond donors (Lipinski definition) is 2. The van der Waals surface area contributed by atoms with Crippen molar-refractivity contribution in [3.63, 3.8) is 0 Å². The highest BCUT2D eigenvalue weighted by Gasteiger charge is 2.13. The largest absolute Gasteiger partial charge is 0.381 e. The molecule has 0 aliphatic rings. The van der Waals surface area contributed by atoms with Crippen molar-refractivity contribution >= 4 is 11.6 Å². The molecule has 3 nitrogen and oxygen atoms in total. The summed E-state index contributed by atoms with van der Waals surface area (Å²) in [5.41, 5.74) is 4.62. The first-order chi connectivity index (χ1) is 13.2. The third-order valence-corrected chi connectivity index (χ3v) is 4.64. The van der Waals surface area contributed by atoms with E-state index >= 15 is 0 Å². The van der Waals surface area contributed by atoms with Gasteiger partial charge in [-0.3, -0.25) is 4.79 Å². The standard InChI is InChI=1S/C24H26N2O/c1-19(26-24(27)17-16-20-10-4-2-5-11-20)23-15-9-8-12-21(23)18-25-22-13-6-3-7-14-22/h2-15,19,25H,16-18H2,1H3,(H,26,27). The van der Waals surface area contributed by atoms with Gasteiger partial charge in [-0.2, -0.15) is 0 Å². The fourth-order valence-corrected chi connectivity index (χ4v) is 3.16. The van der Waals surface area contributed by atoms with Crippen molar-refractivity contribution in [1.82, 2.24) is 5.32 Å². The maximum Gasteiger partial charge on any atom is 0.220 e. The molecule has 1 amide bonds.